The highest BCUT2D eigenvalue weighted by Gasteiger charge is 2.10. The number of aryl methyl sites for hydroxylation is 1. The van der Waals surface area contributed by atoms with E-state index >= 15 is 0 Å². The van der Waals surface area contributed by atoms with Crippen LogP contribution in [-0.2, 0) is 12.8 Å². The van der Waals surface area contributed by atoms with E-state index in [1.807, 2.05) is 6.07 Å². The molecule has 2 nitrogen and oxygen atoms in total. The summed E-state index contributed by atoms with van der Waals surface area (Å²) >= 11 is 4.92. The first-order valence-corrected chi connectivity index (χ1v) is 5.27. The maximum Gasteiger partial charge on any atom is 0.0449 e. The summed E-state index contributed by atoms with van der Waals surface area (Å²) in [4.78, 5) is 0. The van der Waals surface area contributed by atoms with Gasteiger partial charge in [-0.05, 0) is 30.0 Å². The lowest BCUT2D eigenvalue weighted by molar-refractivity contribution is 1.10. The maximum atomic E-state index is 6.00. The molecule has 0 spiro atoms. The number of nitrogens with two attached hydrogens (primary N) is 2. The molecule has 0 aromatic heterocycles. The zero-order valence-corrected chi connectivity index (χ0v) is 9.45. The van der Waals surface area contributed by atoms with Crippen LogP contribution >= 0.6 is 12.2 Å². The Kier molecular flexibility index (Phi) is 3.47. The predicted octanol–water partition coefficient (Wildman–Crippen LogP) is 2.32. The highest BCUT2D eigenvalue weighted by molar-refractivity contribution is 7.79. The Morgan fingerprint density at radius 3 is 2.29 bits per heavy atom. The lowest BCUT2D eigenvalue weighted by Crippen LogP contribution is -2.06. The van der Waals surface area contributed by atoms with Gasteiger partial charge in [0.25, 0.3) is 0 Å². The van der Waals surface area contributed by atoms with Gasteiger partial charge >= 0.3 is 0 Å². The van der Waals surface area contributed by atoms with Gasteiger partial charge in [-0.15, -0.1) is 0 Å². The largest absolute Gasteiger partial charge is 0.398 e. The monoisotopic (exact) mass is 208 g/mol. The van der Waals surface area contributed by atoms with Crippen LogP contribution in [0.1, 0.15) is 30.5 Å². The molecule has 0 saturated carbocycles. The fraction of sp³-hybridized carbons (Fsp3) is 0.364. The van der Waals surface area contributed by atoms with Crippen molar-refractivity contribution in [2.45, 2.75) is 26.7 Å². The summed E-state index contributed by atoms with van der Waals surface area (Å²) in [6.07, 6.45) is 1.76. The van der Waals surface area contributed by atoms with Crippen molar-refractivity contribution in [2.75, 3.05) is 11.5 Å². The van der Waals surface area contributed by atoms with Crippen LogP contribution in [-0.4, -0.2) is 5.37 Å². The average molecular weight is 208 g/mol. The van der Waals surface area contributed by atoms with Crippen molar-refractivity contribution >= 4 is 29.0 Å². The zero-order valence-electron chi connectivity index (χ0n) is 8.63. The Labute approximate surface area is 90.3 Å². The van der Waals surface area contributed by atoms with Crippen LogP contribution < -0.4 is 11.5 Å². The van der Waals surface area contributed by atoms with E-state index in [0.717, 1.165) is 40.9 Å². The van der Waals surface area contributed by atoms with Crippen LogP contribution in [0.5, 0.6) is 0 Å². The molecule has 1 aromatic rings. The molecule has 14 heavy (non-hydrogen) atoms. The molecule has 3 heteroatoms. The van der Waals surface area contributed by atoms with Crippen LogP contribution in [0.3, 0.4) is 0 Å². The Bertz CT molecular complexity index is 359. The summed E-state index contributed by atoms with van der Waals surface area (Å²) in [6, 6.07) is 1.98. The molecule has 0 aliphatic rings. The molecule has 0 saturated heterocycles. The Balaban J connectivity index is 3.46. The van der Waals surface area contributed by atoms with Crippen LogP contribution in [0.15, 0.2) is 6.07 Å². The summed E-state index contributed by atoms with van der Waals surface area (Å²) in [5, 5.41) is 1.62. The summed E-state index contributed by atoms with van der Waals surface area (Å²) in [6.45, 7) is 4.13. The van der Waals surface area contributed by atoms with Gasteiger partial charge in [0.1, 0.15) is 0 Å². The van der Waals surface area contributed by atoms with Crippen molar-refractivity contribution in [1.29, 1.82) is 0 Å². The Morgan fingerprint density at radius 1 is 1.21 bits per heavy atom. The summed E-state index contributed by atoms with van der Waals surface area (Å²) in [5.74, 6) is 0. The average Bonchev–Trinajstić information content (AvgIpc) is 2.19. The van der Waals surface area contributed by atoms with Gasteiger partial charge in [0.2, 0.25) is 0 Å². The quantitative estimate of drug-likeness (QED) is 0.592. The minimum atomic E-state index is 0.734. The molecule has 0 heterocycles. The Morgan fingerprint density at radius 2 is 1.86 bits per heavy atom. The zero-order chi connectivity index (χ0) is 10.7. The third-order valence-corrected chi connectivity index (χ3v) is 2.75. The molecule has 1 aromatic carbocycles. The lowest BCUT2D eigenvalue weighted by atomic mass is 9.98. The third kappa shape index (κ3) is 1.73. The van der Waals surface area contributed by atoms with Crippen molar-refractivity contribution in [3.05, 3.63) is 22.8 Å². The highest BCUT2D eigenvalue weighted by Crippen LogP contribution is 2.28. The van der Waals surface area contributed by atoms with Gasteiger partial charge in [0.15, 0.2) is 0 Å². The first kappa shape index (κ1) is 11.0. The van der Waals surface area contributed by atoms with Crippen molar-refractivity contribution in [2.24, 2.45) is 0 Å². The standard InChI is InChI=1S/C11H16N2S/c1-3-7-5-8(6-14)11(13)9(4-2)10(7)12/h5-6H,3-4,12-13H2,1-2H3. The maximum absolute atomic E-state index is 6.00. The molecule has 0 amide bonds. The van der Waals surface area contributed by atoms with Crippen LogP contribution in [0, 0.1) is 0 Å². The van der Waals surface area contributed by atoms with Gasteiger partial charge in [-0.2, -0.15) is 0 Å². The third-order valence-electron chi connectivity index (χ3n) is 2.50. The van der Waals surface area contributed by atoms with Crippen molar-refractivity contribution < 1.29 is 0 Å². The molecule has 0 aliphatic carbocycles. The molecule has 1 rings (SSSR count). The van der Waals surface area contributed by atoms with Crippen LogP contribution in [0.25, 0.3) is 0 Å². The molecular weight excluding hydrogens is 192 g/mol. The van der Waals surface area contributed by atoms with E-state index in [-0.39, 0.29) is 0 Å². The second kappa shape index (κ2) is 4.42. The minimum Gasteiger partial charge on any atom is -0.398 e. The Hall–Kier alpha value is -1.09. The van der Waals surface area contributed by atoms with Gasteiger partial charge in [0, 0.05) is 22.3 Å². The van der Waals surface area contributed by atoms with E-state index in [4.69, 9.17) is 23.7 Å². The van der Waals surface area contributed by atoms with Gasteiger partial charge in [-0.25, -0.2) is 0 Å². The molecule has 0 unspecified atom stereocenters. The van der Waals surface area contributed by atoms with Gasteiger partial charge in [-0.1, -0.05) is 26.1 Å². The van der Waals surface area contributed by atoms with E-state index < -0.39 is 0 Å². The summed E-state index contributed by atoms with van der Waals surface area (Å²) < 4.78 is 0. The van der Waals surface area contributed by atoms with Gasteiger partial charge < -0.3 is 11.5 Å². The molecule has 0 atom stereocenters. The SMILES string of the molecule is CCc1cc(C=S)c(N)c(CC)c1N. The molecular formula is C11H16N2S. The fourth-order valence-corrected chi connectivity index (χ4v) is 1.82. The normalized spacial score (nSPS) is 10.1. The number of thiocarbonyl (C=S) groups is 1. The first-order valence-electron chi connectivity index (χ1n) is 4.80. The fourth-order valence-electron chi connectivity index (χ4n) is 1.63. The second-order valence-corrected chi connectivity index (χ2v) is 3.49. The minimum absolute atomic E-state index is 0.734. The van der Waals surface area contributed by atoms with E-state index in [1.54, 1.807) is 5.37 Å². The number of benzene rings is 1. The second-order valence-electron chi connectivity index (χ2n) is 3.26. The van der Waals surface area contributed by atoms with E-state index in [9.17, 15) is 0 Å². The molecule has 0 radical (unpaired) electrons. The number of nitrogen functional groups attached to an aromatic ring is 2. The van der Waals surface area contributed by atoms with E-state index in [2.05, 4.69) is 13.8 Å². The summed E-state index contributed by atoms with van der Waals surface area (Å²) in [5.41, 5.74) is 16.6. The first-order chi connectivity index (χ1) is 6.65. The number of rotatable bonds is 3. The molecule has 76 valence electrons. The molecule has 0 aliphatic heterocycles. The molecule has 0 fully saturated rings. The molecule has 4 N–H and O–H groups in total. The van der Waals surface area contributed by atoms with Crippen molar-refractivity contribution in [3.63, 3.8) is 0 Å². The summed E-state index contributed by atoms with van der Waals surface area (Å²) in [7, 11) is 0. The smallest absolute Gasteiger partial charge is 0.0449 e. The highest BCUT2D eigenvalue weighted by atomic mass is 32.1. The van der Waals surface area contributed by atoms with Gasteiger partial charge in [-0.3, -0.25) is 0 Å². The topological polar surface area (TPSA) is 52.0 Å². The van der Waals surface area contributed by atoms with Crippen molar-refractivity contribution in [3.8, 4) is 0 Å². The predicted molar refractivity (Wildman–Crippen MR) is 66.8 cm³/mol. The van der Waals surface area contributed by atoms with E-state index in [0.29, 0.717) is 0 Å². The van der Waals surface area contributed by atoms with Crippen LogP contribution in [0.2, 0.25) is 0 Å². The number of hydrogen-bond donors (Lipinski definition) is 2. The van der Waals surface area contributed by atoms with E-state index in [1.165, 1.54) is 0 Å². The van der Waals surface area contributed by atoms with Crippen LogP contribution in [0.4, 0.5) is 11.4 Å². The number of hydrogen-bond acceptors (Lipinski definition) is 3. The molecule has 0 bridgehead atoms. The number of anilines is 2. The lowest BCUT2D eigenvalue weighted by Gasteiger charge is -2.14. The van der Waals surface area contributed by atoms with Gasteiger partial charge in [0.05, 0.1) is 0 Å². The van der Waals surface area contributed by atoms with Crippen molar-refractivity contribution in [1.82, 2.24) is 0 Å².